The van der Waals surface area contributed by atoms with E-state index in [1.54, 1.807) is 0 Å². The summed E-state index contributed by atoms with van der Waals surface area (Å²) < 4.78 is 12.8. The molecule has 224 valence electrons. The van der Waals surface area contributed by atoms with E-state index in [4.69, 9.17) is 23.8 Å². The molecule has 7 aromatic carbocycles. The Kier molecular flexibility index (Phi) is 5.81. The molecule has 0 atom stereocenters. The fraction of sp³-hybridized carbons (Fsp3) is 0. The van der Waals surface area contributed by atoms with Gasteiger partial charge in [0, 0.05) is 43.8 Å². The molecule has 10 aromatic rings. The van der Waals surface area contributed by atoms with E-state index in [0.717, 1.165) is 77.1 Å². The van der Waals surface area contributed by atoms with Crippen LogP contribution in [0.1, 0.15) is 0 Å². The summed E-state index contributed by atoms with van der Waals surface area (Å²) in [6.45, 7) is 0. The van der Waals surface area contributed by atoms with E-state index >= 15 is 0 Å². The van der Waals surface area contributed by atoms with E-state index in [1.165, 1.54) is 5.39 Å². The molecule has 48 heavy (non-hydrogen) atoms. The van der Waals surface area contributed by atoms with E-state index < -0.39 is 0 Å². The first-order valence-corrected chi connectivity index (χ1v) is 15.9. The lowest BCUT2D eigenvalue weighted by Gasteiger charge is -2.10. The minimum Gasteiger partial charge on any atom is -0.456 e. The molecular formula is C43H25N3O2. The Bertz CT molecular complexity index is 2850. The largest absolute Gasteiger partial charge is 0.456 e. The quantitative estimate of drug-likeness (QED) is 0.197. The van der Waals surface area contributed by atoms with Crippen LogP contribution < -0.4 is 0 Å². The summed E-state index contributed by atoms with van der Waals surface area (Å²) >= 11 is 0. The summed E-state index contributed by atoms with van der Waals surface area (Å²) in [5.74, 6) is 1.82. The molecule has 3 aromatic heterocycles. The third-order valence-electron chi connectivity index (χ3n) is 9.13. The Labute approximate surface area is 274 Å². The molecule has 0 saturated heterocycles. The van der Waals surface area contributed by atoms with Gasteiger partial charge >= 0.3 is 0 Å². The van der Waals surface area contributed by atoms with Crippen LogP contribution >= 0.6 is 0 Å². The number of hydrogen-bond acceptors (Lipinski definition) is 5. The van der Waals surface area contributed by atoms with Crippen LogP contribution in [0.25, 0.3) is 99.9 Å². The van der Waals surface area contributed by atoms with Crippen LogP contribution in [0.4, 0.5) is 0 Å². The van der Waals surface area contributed by atoms with Gasteiger partial charge in [-0.25, -0.2) is 15.0 Å². The third kappa shape index (κ3) is 4.22. The van der Waals surface area contributed by atoms with Gasteiger partial charge in [0.15, 0.2) is 17.5 Å². The molecule has 3 heterocycles. The summed E-state index contributed by atoms with van der Waals surface area (Å²) in [7, 11) is 0. The fourth-order valence-electron chi connectivity index (χ4n) is 6.83. The minimum absolute atomic E-state index is 0.588. The highest BCUT2D eigenvalue weighted by atomic mass is 16.3. The van der Waals surface area contributed by atoms with E-state index in [9.17, 15) is 0 Å². The van der Waals surface area contributed by atoms with Crippen molar-refractivity contribution in [2.24, 2.45) is 0 Å². The number of fused-ring (bicyclic) bond motifs is 7. The van der Waals surface area contributed by atoms with E-state index in [0.29, 0.717) is 17.5 Å². The molecule has 0 bridgehead atoms. The Balaban J connectivity index is 1.20. The molecule has 0 N–H and O–H groups in total. The van der Waals surface area contributed by atoms with Gasteiger partial charge in [-0.2, -0.15) is 0 Å². The van der Waals surface area contributed by atoms with Gasteiger partial charge in [-0.15, -0.1) is 0 Å². The van der Waals surface area contributed by atoms with Crippen LogP contribution in [0.3, 0.4) is 0 Å². The zero-order valence-corrected chi connectivity index (χ0v) is 25.6. The smallest absolute Gasteiger partial charge is 0.164 e. The second-order valence-electron chi connectivity index (χ2n) is 12.0. The van der Waals surface area contributed by atoms with Crippen molar-refractivity contribution in [3.8, 4) is 45.3 Å². The number of furan rings is 2. The van der Waals surface area contributed by atoms with Crippen LogP contribution in [0, 0.1) is 0 Å². The highest BCUT2D eigenvalue weighted by molar-refractivity contribution is 6.14. The lowest BCUT2D eigenvalue weighted by atomic mass is 9.99. The number of rotatable bonds is 4. The van der Waals surface area contributed by atoms with Crippen molar-refractivity contribution >= 4 is 54.6 Å². The molecule has 0 radical (unpaired) electrons. The molecular weight excluding hydrogens is 590 g/mol. The molecule has 0 saturated carbocycles. The van der Waals surface area contributed by atoms with Gasteiger partial charge in [-0.1, -0.05) is 121 Å². The first-order chi connectivity index (χ1) is 23.8. The topological polar surface area (TPSA) is 65.0 Å². The van der Waals surface area contributed by atoms with E-state index in [1.807, 2.05) is 72.8 Å². The average Bonchev–Trinajstić information content (AvgIpc) is 3.73. The Hall–Kier alpha value is -6.59. The molecule has 0 amide bonds. The Morgan fingerprint density at radius 2 is 1.02 bits per heavy atom. The van der Waals surface area contributed by atoms with Crippen molar-refractivity contribution in [2.75, 3.05) is 0 Å². The number of hydrogen-bond donors (Lipinski definition) is 0. The van der Waals surface area contributed by atoms with Crippen molar-refractivity contribution in [1.29, 1.82) is 0 Å². The zero-order chi connectivity index (χ0) is 31.6. The maximum atomic E-state index is 6.42. The van der Waals surface area contributed by atoms with Gasteiger partial charge in [0.25, 0.3) is 0 Å². The van der Waals surface area contributed by atoms with Crippen molar-refractivity contribution < 1.29 is 8.83 Å². The predicted octanol–water partition coefficient (Wildman–Crippen LogP) is 11.5. The van der Waals surface area contributed by atoms with Crippen molar-refractivity contribution in [2.45, 2.75) is 0 Å². The Morgan fingerprint density at radius 3 is 1.94 bits per heavy atom. The maximum absolute atomic E-state index is 6.42. The summed E-state index contributed by atoms with van der Waals surface area (Å²) in [6, 6.07) is 51.6. The van der Waals surface area contributed by atoms with Gasteiger partial charge in [0.2, 0.25) is 0 Å². The standard InChI is InChI=1S/C43H25N3O2/c1-2-11-27(12-3-1)41-44-42(30-21-20-26-10-4-5-13-28(26)24-30)46-43(45-41)34-17-9-19-38-39(34)35-25-29(22-23-37(35)47-38)31-15-8-16-33-32-14-6-7-18-36(32)48-40(31)33/h1-25H. The molecule has 10 rings (SSSR count). The molecule has 0 spiro atoms. The molecule has 5 heteroatoms. The van der Waals surface area contributed by atoms with Crippen LogP contribution in [0.15, 0.2) is 160 Å². The lowest BCUT2D eigenvalue weighted by Crippen LogP contribution is -2.00. The zero-order valence-electron chi connectivity index (χ0n) is 25.6. The van der Waals surface area contributed by atoms with Gasteiger partial charge in [-0.05, 0) is 46.7 Å². The second-order valence-corrected chi connectivity index (χ2v) is 12.0. The number of nitrogens with zero attached hydrogens (tertiary/aromatic N) is 3. The normalized spacial score (nSPS) is 11.8. The van der Waals surface area contributed by atoms with Crippen LogP contribution in [0.5, 0.6) is 0 Å². The van der Waals surface area contributed by atoms with E-state index in [-0.39, 0.29) is 0 Å². The first kappa shape index (κ1) is 26.6. The fourth-order valence-corrected chi connectivity index (χ4v) is 6.83. The van der Waals surface area contributed by atoms with Crippen molar-refractivity contribution in [3.63, 3.8) is 0 Å². The molecule has 0 unspecified atom stereocenters. The average molecular weight is 616 g/mol. The molecule has 0 aliphatic rings. The monoisotopic (exact) mass is 615 g/mol. The summed E-state index contributed by atoms with van der Waals surface area (Å²) in [5.41, 5.74) is 8.13. The number of para-hydroxylation sites is 2. The maximum Gasteiger partial charge on any atom is 0.164 e. The Morgan fingerprint density at radius 1 is 0.354 bits per heavy atom. The van der Waals surface area contributed by atoms with Gasteiger partial charge < -0.3 is 8.83 Å². The second kappa shape index (κ2) is 10.5. The predicted molar refractivity (Wildman–Crippen MR) is 194 cm³/mol. The SMILES string of the molecule is c1ccc(-c2nc(-c3ccc4ccccc4c3)nc(-c3cccc4oc5ccc(-c6cccc7c6oc6ccccc67)cc5c34)n2)cc1. The third-order valence-corrected chi connectivity index (χ3v) is 9.13. The summed E-state index contributed by atoms with van der Waals surface area (Å²) in [6.07, 6.45) is 0. The van der Waals surface area contributed by atoms with Crippen LogP contribution in [-0.2, 0) is 0 Å². The van der Waals surface area contributed by atoms with Gasteiger partial charge in [-0.3, -0.25) is 0 Å². The summed E-state index contributed by atoms with van der Waals surface area (Å²) in [4.78, 5) is 15.2. The van der Waals surface area contributed by atoms with E-state index in [2.05, 4.69) is 78.9 Å². The van der Waals surface area contributed by atoms with Crippen molar-refractivity contribution in [3.05, 3.63) is 152 Å². The van der Waals surface area contributed by atoms with Crippen LogP contribution in [0.2, 0.25) is 0 Å². The molecule has 5 nitrogen and oxygen atoms in total. The molecule has 0 aliphatic heterocycles. The first-order valence-electron chi connectivity index (χ1n) is 15.9. The van der Waals surface area contributed by atoms with Crippen molar-refractivity contribution in [1.82, 2.24) is 15.0 Å². The number of benzene rings is 7. The number of aromatic nitrogens is 3. The summed E-state index contributed by atoms with van der Waals surface area (Å²) in [5, 5.41) is 6.45. The van der Waals surface area contributed by atoms with Gasteiger partial charge in [0.05, 0.1) is 0 Å². The highest BCUT2D eigenvalue weighted by Crippen LogP contribution is 2.41. The minimum atomic E-state index is 0.588. The lowest BCUT2D eigenvalue weighted by molar-refractivity contribution is 0.668. The van der Waals surface area contributed by atoms with Gasteiger partial charge in [0.1, 0.15) is 22.3 Å². The van der Waals surface area contributed by atoms with Crippen LogP contribution in [-0.4, -0.2) is 15.0 Å². The molecule has 0 aliphatic carbocycles. The molecule has 0 fully saturated rings. The highest BCUT2D eigenvalue weighted by Gasteiger charge is 2.19.